The van der Waals surface area contributed by atoms with Gasteiger partial charge in [-0.3, -0.25) is 0 Å². The summed E-state index contributed by atoms with van der Waals surface area (Å²) in [5.41, 5.74) is 6.21. The van der Waals surface area contributed by atoms with Crippen molar-refractivity contribution in [2.75, 3.05) is 0 Å². The van der Waals surface area contributed by atoms with Crippen molar-refractivity contribution in [2.45, 2.75) is 12.5 Å². The second-order valence-electron chi connectivity index (χ2n) is 4.33. The largest absolute Gasteiger partial charge is 0.318 e. The van der Waals surface area contributed by atoms with Gasteiger partial charge in [-0.1, -0.05) is 34.1 Å². The van der Waals surface area contributed by atoms with Gasteiger partial charge >= 0.3 is 0 Å². The molecule has 18 heavy (non-hydrogen) atoms. The van der Waals surface area contributed by atoms with Crippen molar-refractivity contribution in [1.82, 2.24) is 0 Å². The molecule has 0 fully saturated rings. The number of nitrogens with two attached hydrogens (primary N) is 1. The molecule has 4 heteroatoms. The average molecular weight is 312 g/mol. The first-order valence-corrected chi connectivity index (χ1v) is 6.21. The third-order valence-corrected chi connectivity index (χ3v) is 3.46. The van der Waals surface area contributed by atoms with Crippen LogP contribution in [0.2, 0.25) is 0 Å². The van der Waals surface area contributed by atoms with Gasteiger partial charge in [-0.25, -0.2) is 8.78 Å². The van der Waals surface area contributed by atoms with E-state index in [9.17, 15) is 8.78 Å². The minimum absolute atomic E-state index is 0.270. The lowest BCUT2D eigenvalue weighted by atomic mass is 9.85. The van der Waals surface area contributed by atoms with Gasteiger partial charge in [0, 0.05) is 16.1 Å². The van der Waals surface area contributed by atoms with Gasteiger partial charge in [0.25, 0.3) is 0 Å². The topological polar surface area (TPSA) is 26.0 Å². The van der Waals surface area contributed by atoms with Crippen molar-refractivity contribution in [3.8, 4) is 0 Å². The molecule has 94 valence electrons. The number of halogens is 3. The summed E-state index contributed by atoms with van der Waals surface area (Å²) in [6.45, 7) is 1.70. The van der Waals surface area contributed by atoms with Crippen LogP contribution in [0, 0.1) is 11.6 Å². The van der Waals surface area contributed by atoms with Crippen LogP contribution in [-0.2, 0) is 5.54 Å². The van der Waals surface area contributed by atoms with E-state index >= 15 is 0 Å². The Hall–Kier alpha value is -1.26. The molecule has 0 spiro atoms. The van der Waals surface area contributed by atoms with Crippen LogP contribution in [-0.4, -0.2) is 0 Å². The van der Waals surface area contributed by atoms with Gasteiger partial charge in [-0.15, -0.1) is 0 Å². The zero-order valence-electron chi connectivity index (χ0n) is 9.75. The highest BCUT2D eigenvalue weighted by atomic mass is 79.9. The van der Waals surface area contributed by atoms with Crippen LogP contribution in [0.5, 0.6) is 0 Å². The summed E-state index contributed by atoms with van der Waals surface area (Å²) in [6.07, 6.45) is 0. The van der Waals surface area contributed by atoms with Crippen molar-refractivity contribution >= 4 is 15.9 Å². The third kappa shape index (κ3) is 2.44. The molecular formula is C14H12BrF2N. The van der Waals surface area contributed by atoms with Gasteiger partial charge in [-0.05, 0) is 30.7 Å². The fraction of sp³-hybridized carbons (Fsp3) is 0.143. The highest BCUT2D eigenvalue weighted by Crippen LogP contribution is 2.29. The Bertz CT molecular complexity index is 565. The molecule has 2 aromatic rings. The monoisotopic (exact) mass is 311 g/mol. The van der Waals surface area contributed by atoms with Crippen LogP contribution in [0.1, 0.15) is 18.1 Å². The van der Waals surface area contributed by atoms with E-state index in [1.807, 2.05) is 24.3 Å². The second-order valence-corrected chi connectivity index (χ2v) is 5.25. The molecule has 1 atom stereocenters. The molecule has 0 saturated carbocycles. The number of benzene rings is 2. The molecule has 0 aliphatic heterocycles. The normalized spacial score (nSPS) is 14.3. The van der Waals surface area contributed by atoms with Crippen LogP contribution in [0.25, 0.3) is 0 Å². The molecule has 0 aliphatic rings. The van der Waals surface area contributed by atoms with Crippen molar-refractivity contribution in [1.29, 1.82) is 0 Å². The first-order valence-electron chi connectivity index (χ1n) is 5.42. The molecule has 0 amide bonds. The van der Waals surface area contributed by atoms with E-state index in [2.05, 4.69) is 15.9 Å². The standard InChI is InChI=1S/C14H12BrF2N/c1-14(18,9-2-4-10(15)5-3-9)12-7-6-11(16)8-13(12)17/h2-8H,18H2,1H3. The summed E-state index contributed by atoms with van der Waals surface area (Å²) >= 11 is 3.33. The van der Waals surface area contributed by atoms with Crippen LogP contribution in [0.4, 0.5) is 8.78 Å². The Balaban J connectivity index is 2.50. The molecule has 1 unspecified atom stereocenters. The van der Waals surface area contributed by atoms with E-state index in [-0.39, 0.29) is 5.56 Å². The Labute approximate surface area is 113 Å². The maximum Gasteiger partial charge on any atom is 0.131 e. The van der Waals surface area contributed by atoms with E-state index in [0.717, 1.165) is 16.1 Å². The average Bonchev–Trinajstić information content (AvgIpc) is 2.29. The molecule has 0 aromatic heterocycles. The predicted octanol–water partition coefficient (Wildman–Crippen LogP) is 3.95. The van der Waals surface area contributed by atoms with Crippen LogP contribution >= 0.6 is 15.9 Å². The van der Waals surface area contributed by atoms with Crippen molar-refractivity contribution < 1.29 is 8.78 Å². The summed E-state index contributed by atoms with van der Waals surface area (Å²) < 4.78 is 27.6. The van der Waals surface area contributed by atoms with Gasteiger partial charge in [0.2, 0.25) is 0 Å². The summed E-state index contributed by atoms with van der Waals surface area (Å²) in [5.74, 6) is -1.24. The molecule has 2 aromatic carbocycles. The molecule has 2 N–H and O–H groups in total. The maximum absolute atomic E-state index is 13.8. The van der Waals surface area contributed by atoms with E-state index in [1.165, 1.54) is 12.1 Å². The van der Waals surface area contributed by atoms with Crippen LogP contribution in [0.15, 0.2) is 46.9 Å². The van der Waals surface area contributed by atoms with Crippen molar-refractivity contribution in [3.63, 3.8) is 0 Å². The van der Waals surface area contributed by atoms with E-state index in [0.29, 0.717) is 0 Å². The zero-order valence-corrected chi connectivity index (χ0v) is 11.3. The van der Waals surface area contributed by atoms with Gasteiger partial charge < -0.3 is 5.73 Å². The van der Waals surface area contributed by atoms with Crippen LogP contribution < -0.4 is 5.73 Å². The quantitative estimate of drug-likeness (QED) is 0.893. The molecule has 1 nitrogen and oxygen atoms in total. The SMILES string of the molecule is CC(N)(c1ccc(Br)cc1)c1ccc(F)cc1F. The van der Waals surface area contributed by atoms with Gasteiger partial charge in [-0.2, -0.15) is 0 Å². The summed E-state index contributed by atoms with van der Waals surface area (Å²) in [7, 11) is 0. The third-order valence-electron chi connectivity index (χ3n) is 2.93. The Morgan fingerprint density at radius 3 is 2.22 bits per heavy atom. The first kappa shape index (κ1) is 13.2. The van der Waals surface area contributed by atoms with E-state index < -0.39 is 17.2 Å². The Morgan fingerprint density at radius 2 is 1.67 bits per heavy atom. The van der Waals surface area contributed by atoms with Crippen molar-refractivity contribution in [3.05, 3.63) is 69.7 Å². The van der Waals surface area contributed by atoms with Crippen LogP contribution in [0.3, 0.4) is 0 Å². The Morgan fingerprint density at radius 1 is 1.06 bits per heavy atom. The maximum atomic E-state index is 13.8. The summed E-state index contributed by atoms with van der Waals surface area (Å²) in [4.78, 5) is 0. The summed E-state index contributed by atoms with van der Waals surface area (Å²) in [5, 5.41) is 0. The molecule has 0 heterocycles. The van der Waals surface area contributed by atoms with Crippen molar-refractivity contribution in [2.24, 2.45) is 5.73 Å². The highest BCUT2D eigenvalue weighted by molar-refractivity contribution is 9.10. The minimum atomic E-state index is -1.00. The summed E-state index contributed by atoms with van der Waals surface area (Å²) in [6, 6.07) is 10.7. The fourth-order valence-corrected chi connectivity index (χ4v) is 2.13. The smallest absolute Gasteiger partial charge is 0.131 e. The lowest BCUT2D eigenvalue weighted by Crippen LogP contribution is -2.35. The molecule has 2 rings (SSSR count). The number of hydrogen-bond acceptors (Lipinski definition) is 1. The van der Waals surface area contributed by atoms with Gasteiger partial charge in [0.05, 0.1) is 5.54 Å². The van der Waals surface area contributed by atoms with Gasteiger partial charge in [0.1, 0.15) is 11.6 Å². The Kier molecular flexibility index (Phi) is 3.50. The van der Waals surface area contributed by atoms with E-state index in [4.69, 9.17) is 5.73 Å². The fourth-order valence-electron chi connectivity index (χ4n) is 1.86. The highest BCUT2D eigenvalue weighted by Gasteiger charge is 2.27. The zero-order chi connectivity index (χ0) is 13.3. The molecule has 0 saturated heterocycles. The number of rotatable bonds is 2. The predicted molar refractivity (Wildman–Crippen MR) is 71.1 cm³/mol. The molecule has 0 aliphatic carbocycles. The van der Waals surface area contributed by atoms with Gasteiger partial charge in [0.15, 0.2) is 0 Å². The lowest BCUT2D eigenvalue weighted by molar-refractivity contribution is 0.517. The first-order chi connectivity index (χ1) is 8.41. The molecule has 0 bridgehead atoms. The second kappa shape index (κ2) is 4.78. The van der Waals surface area contributed by atoms with E-state index in [1.54, 1.807) is 6.92 Å². The molecule has 0 radical (unpaired) electrons. The lowest BCUT2D eigenvalue weighted by Gasteiger charge is -2.26. The minimum Gasteiger partial charge on any atom is -0.318 e. The molecular weight excluding hydrogens is 300 g/mol. The number of hydrogen-bond donors (Lipinski definition) is 1.